The SMILES string of the molecule is CC(N)C(=O)N(C[C@@H]1CCCN1C)C1CC1. The lowest BCUT2D eigenvalue weighted by Gasteiger charge is -2.30. The Labute approximate surface area is 97.8 Å². The quantitative estimate of drug-likeness (QED) is 0.754. The molecule has 0 aromatic heterocycles. The van der Waals surface area contributed by atoms with Gasteiger partial charge in [0.1, 0.15) is 0 Å². The number of rotatable bonds is 4. The molecule has 2 atom stereocenters. The van der Waals surface area contributed by atoms with Gasteiger partial charge in [-0.15, -0.1) is 0 Å². The lowest BCUT2D eigenvalue weighted by Crippen LogP contribution is -2.48. The summed E-state index contributed by atoms with van der Waals surface area (Å²) in [7, 11) is 2.15. The van der Waals surface area contributed by atoms with Gasteiger partial charge < -0.3 is 15.5 Å². The van der Waals surface area contributed by atoms with Gasteiger partial charge in [0.05, 0.1) is 6.04 Å². The number of hydrogen-bond acceptors (Lipinski definition) is 3. The number of carbonyl (C=O) groups excluding carboxylic acids is 1. The summed E-state index contributed by atoms with van der Waals surface area (Å²) in [6, 6.07) is 0.670. The maximum Gasteiger partial charge on any atom is 0.239 e. The molecule has 1 saturated heterocycles. The molecule has 92 valence electrons. The second-order valence-corrected chi connectivity index (χ2v) is 5.29. The Morgan fingerprint density at radius 1 is 1.50 bits per heavy atom. The zero-order valence-corrected chi connectivity index (χ0v) is 10.4. The van der Waals surface area contributed by atoms with E-state index in [1.165, 1.54) is 12.8 Å². The Hall–Kier alpha value is -0.610. The number of likely N-dealkylation sites (N-methyl/N-ethyl adjacent to an activating group) is 1. The summed E-state index contributed by atoms with van der Waals surface area (Å²) in [6.07, 6.45) is 4.79. The van der Waals surface area contributed by atoms with Crippen LogP contribution in [0.1, 0.15) is 32.6 Å². The Morgan fingerprint density at radius 2 is 2.19 bits per heavy atom. The molecule has 0 radical (unpaired) electrons. The first-order valence-corrected chi connectivity index (χ1v) is 6.36. The monoisotopic (exact) mass is 225 g/mol. The van der Waals surface area contributed by atoms with Crippen molar-refractivity contribution in [3.05, 3.63) is 0 Å². The van der Waals surface area contributed by atoms with Crippen molar-refractivity contribution in [3.8, 4) is 0 Å². The fourth-order valence-electron chi connectivity index (χ4n) is 2.50. The van der Waals surface area contributed by atoms with Crippen molar-refractivity contribution in [3.63, 3.8) is 0 Å². The highest BCUT2D eigenvalue weighted by Gasteiger charge is 2.36. The van der Waals surface area contributed by atoms with Gasteiger partial charge in [0.2, 0.25) is 5.91 Å². The molecule has 0 spiro atoms. The van der Waals surface area contributed by atoms with Crippen LogP contribution in [0.2, 0.25) is 0 Å². The molecule has 2 rings (SSSR count). The average molecular weight is 225 g/mol. The molecule has 16 heavy (non-hydrogen) atoms. The van der Waals surface area contributed by atoms with E-state index in [0.29, 0.717) is 12.1 Å². The predicted molar refractivity (Wildman–Crippen MR) is 64.0 cm³/mol. The maximum atomic E-state index is 12.0. The number of amides is 1. The summed E-state index contributed by atoms with van der Waals surface area (Å²) in [5.41, 5.74) is 5.71. The molecule has 0 aromatic rings. The minimum atomic E-state index is -0.354. The highest BCUT2D eigenvalue weighted by molar-refractivity contribution is 5.81. The molecular formula is C12H23N3O. The van der Waals surface area contributed by atoms with Crippen molar-refractivity contribution in [1.29, 1.82) is 0 Å². The first-order chi connectivity index (χ1) is 7.59. The summed E-state index contributed by atoms with van der Waals surface area (Å²) in [4.78, 5) is 16.4. The van der Waals surface area contributed by atoms with Crippen molar-refractivity contribution in [2.24, 2.45) is 5.73 Å². The van der Waals surface area contributed by atoms with Gasteiger partial charge in [0.25, 0.3) is 0 Å². The van der Waals surface area contributed by atoms with Crippen LogP contribution >= 0.6 is 0 Å². The summed E-state index contributed by atoms with van der Waals surface area (Å²) >= 11 is 0. The van der Waals surface area contributed by atoms with Gasteiger partial charge in [-0.2, -0.15) is 0 Å². The summed E-state index contributed by atoms with van der Waals surface area (Å²) in [5.74, 6) is 0.128. The lowest BCUT2D eigenvalue weighted by atomic mass is 10.2. The zero-order chi connectivity index (χ0) is 11.7. The second kappa shape index (κ2) is 4.72. The first kappa shape index (κ1) is 11.9. The van der Waals surface area contributed by atoms with E-state index < -0.39 is 0 Å². The average Bonchev–Trinajstić information content (AvgIpc) is 2.99. The van der Waals surface area contributed by atoms with Crippen LogP contribution in [-0.4, -0.2) is 54.0 Å². The van der Waals surface area contributed by atoms with Gasteiger partial charge in [-0.25, -0.2) is 0 Å². The van der Waals surface area contributed by atoms with E-state index in [-0.39, 0.29) is 11.9 Å². The Bertz CT molecular complexity index is 263. The van der Waals surface area contributed by atoms with E-state index in [2.05, 4.69) is 11.9 Å². The van der Waals surface area contributed by atoms with Crippen LogP contribution in [0.15, 0.2) is 0 Å². The number of carbonyl (C=O) groups is 1. The van der Waals surface area contributed by atoms with E-state index in [9.17, 15) is 4.79 Å². The third-order valence-corrected chi connectivity index (χ3v) is 3.74. The van der Waals surface area contributed by atoms with Crippen LogP contribution in [-0.2, 0) is 4.79 Å². The van der Waals surface area contributed by atoms with Gasteiger partial charge in [-0.05, 0) is 46.2 Å². The molecule has 0 aromatic carbocycles. The van der Waals surface area contributed by atoms with Crippen molar-refractivity contribution in [2.45, 2.75) is 50.7 Å². The largest absolute Gasteiger partial charge is 0.337 e. The molecule has 0 bridgehead atoms. The van der Waals surface area contributed by atoms with Crippen LogP contribution < -0.4 is 5.73 Å². The highest BCUT2D eigenvalue weighted by Crippen LogP contribution is 2.29. The van der Waals surface area contributed by atoms with Crippen molar-refractivity contribution in [2.75, 3.05) is 20.1 Å². The van der Waals surface area contributed by atoms with Crippen LogP contribution in [0.3, 0.4) is 0 Å². The summed E-state index contributed by atoms with van der Waals surface area (Å²) in [6.45, 7) is 3.83. The predicted octanol–water partition coefficient (Wildman–Crippen LogP) is 0.419. The molecule has 1 aliphatic heterocycles. The Kier molecular flexibility index (Phi) is 3.50. The molecular weight excluding hydrogens is 202 g/mol. The van der Waals surface area contributed by atoms with Crippen molar-refractivity contribution < 1.29 is 4.79 Å². The smallest absolute Gasteiger partial charge is 0.239 e. The number of nitrogens with two attached hydrogens (primary N) is 1. The lowest BCUT2D eigenvalue weighted by molar-refractivity contribution is -0.133. The van der Waals surface area contributed by atoms with Gasteiger partial charge >= 0.3 is 0 Å². The summed E-state index contributed by atoms with van der Waals surface area (Å²) < 4.78 is 0. The molecule has 4 heteroatoms. The number of hydrogen-bond donors (Lipinski definition) is 1. The van der Waals surface area contributed by atoms with Gasteiger partial charge in [0.15, 0.2) is 0 Å². The fraction of sp³-hybridized carbons (Fsp3) is 0.917. The van der Waals surface area contributed by atoms with Crippen LogP contribution in [0.5, 0.6) is 0 Å². The molecule has 1 saturated carbocycles. The molecule has 1 aliphatic carbocycles. The van der Waals surface area contributed by atoms with E-state index in [1.807, 2.05) is 4.90 Å². The van der Waals surface area contributed by atoms with E-state index in [0.717, 1.165) is 25.9 Å². The fourth-order valence-corrected chi connectivity index (χ4v) is 2.50. The molecule has 1 amide bonds. The third kappa shape index (κ3) is 2.55. The van der Waals surface area contributed by atoms with Crippen LogP contribution in [0, 0.1) is 0 Å². The van der Waals surface area contributed by atoms with Crippen molar-refractivity contribution >= 4 is 5.91 Å². The maximum absolute atomic E-state index is 12.0. The second-order valence-electron chi connectivity index (χ2n) is 5.29. The number of likely N-dealkylation sites (tertiary alicyclic amines) is 1. The number of nitrogens with zero attached hydrogens (tertiary/aromatic N) is 2. The molecule has 2 N–H and O–H groups in total. The third-order valence-electron chi connectivity index (χ3n) is 3.74. The molecule has 2 fully saturated rings. The standard InChI is InChI=1S/C12H23N3O/c1-9(13)12(16)15(10-5-6-10)8-11-4-3-7-14(11)2/h9-11H,3-8,13H2,1-2H3/t9?,11-/m0/s1. The van der Waals surface area contributed by atoms with Gasteiger partial charge in [-0.3, -0.25) is 4.79 Å². The van der Waals surface area contributed by atoms with Crippen molar-refractivity contribution in [1.82, 2.24) is 9.80 Å². The van der Waals surface area contributed by atoms with E-state index in [4.69, 9.17) is 5.73 Å². The topological polar surface area (TPSA) is 49.6 Å². The minimum Gasteiger partial charge on any atom is -0.337 e. The zero-order valence-electron chi connectivity index (χ0n) is 10.4. The highest BCUT2D eigenvalue weighted by atomic mass is 16.2. The Balaban J connectivity index is 1.94. The van der Waals surface area contributed by atoms with E-state index in [1.54, 1.807) is 6.92 Å². The molecule has 2 aliphatic rings. The van der Waals surface area contributed by atoms with Crippen LogP contribution in [0.4, 0.5) is 0 Å². The van der Waals surface area contributed by atoms with Crippen LogP contribution in [0.25, 0.3) is 0 Å². The first-order valence-electron chi connectivity index (χ1n) is 6.36. The Morgan fingerprint density at radius 3 is 2.62 bits per heavy atom. The minimum absolute atomic E-state index is 0.128. The summed E-state index contributed by atoms with van der Waals surface area (Å²) in [5, 5.41) is 0. The molecule has 1 heterocycles. The molecule has 4 nitrogen and oxygen atoms in total. The normalized spacial score (nSPS) is 28.1. The van der Waals surface area contributed by atoms with E-state index >= 15 is 0 Å². The van der Waals surface area contributed by atoms with Gasteiger partial charge in [0, 0.05) is 18.6 Å². The van der Waals surface area contributed by atoms with Gasteiger partial charge in [-0.1, -0.05) is 0 Å². The molecule has 1 unspecified atom stereocenters.